The van der Waals surface area contributed by atoms with Crippen molar-refractivity contribution in [2.24, 2.45) is 5.92 Å². The smallest absolute Gasteiger partial charge is 0.228 e. The first-order chi connectivity index (χ1) is 15.9. The Hall–Kier alpha value is -3.29. The Morgan fingerprint density at radius 1 is 1.00 bits per heavy atom. The van der Waals surface area contributed by atoms with Gasteiger partial charge in [0.2, 0.25) is 17.7 Å². The van der Waals surface area contributed by atoms with E-state index in [1.54, 1.807) is 4.90 Å². The van der Waals surface area contributed by atoms with Gasteiger partial charge < -0.3 is 15.1 Å². The van der Waals surface area contributed by atoms with E-state index in [1.165, 1.54) is 4.90 Å². The van der Waals surface area contributed by atoms with Crippen molar-refractivity contribution < 1.29 is 23.2 Å². The molecular weight excluding hydrogens is 428 g/mol. The van der Waals surface area contributed by atoms with E-state index in [2.05, 4.69) is 5.32 Å². The van der Waals surface area contributed by atoms with Crippen molar-refractivity contribution in [3.63, 3.8) is 0 Å². The van der Waals surface area contributed by atoms with Gasteiger partial charge in [0.25, 0.3) is 0 Å². The van der Waals surface area contributed by atoms with E-state index in [-0.39, 0.29) is 42.4 Å². The second-order valence-electron chi connectivity index (χ2n) is 8.69. The molecule has 174 valence electrons. The van der Waals surface area contributed by atoms with Crippen molar-refractivity contribution in [3.8, 4) is 0 Å². The molecule has 2 fully saturated rings. The fourth-order valence-corrected chi connectivity index (χ4v) is 4.52. The van der Waals surface area contributed by atoms with Crippen LogP contribution in [0.15, 0.2) is 48.5 Å². The first-order valence-corrected chi connectivity index (χ1v) is 11.3. The van der Waals surface area contributed by atoms with E-state index in [0.717, 1.165) is 23.8 Å². The molecule has 1 atom stereocenters. The van der Waals surface area contributed by atoms with Gasteiger partial charge in [0.15, 0.2) is 0 Å². The molecule has 2 aromatic rings. The molecule has 2 aromatic carbocycles. The summed E-state index contributed by atoms with van der Waals surface area (Å²) < 4.78 is 27.1. The lowest BCUT2D eigenvalue weighted by Crippen LogP contribution is -2.48. The number of rotatable bonds is 6. The van der Waals surface area contributed by atoms with Crippen LogP contribution in [0.2, 0.25) is 0 Å². The maximum absolute atomic E-state index is 13.5. The lowest BCUT2D eigenvalue weighted by molar-refractivity contribution is -0.137. The highest BCUT2D eigenvalue weighted by Gasteiger charge is 2.38. The molecule has 4 rings (SSSR count). The third-order valence-electron chi connectivity index (χ3n) is 6.29. The molecule has 3 amide bonds. The van der Waals surface area contributed by atoms with E-state index in [9.17, 15) is 23.2 Å². The molecule has 33 heavy (non-hydrogen) atoms. The van der Waals surface area contributed by atoms with E-state index in [1.807, 2.05) is 30.3 Å². The summed E-state index contributed by atoms with van der Waals surface area (Å²) in [6.07, 6.45) is 2.44. The van der Waals surface area contributed by atoms with Crippen molar-refractivity contribution in [2.75, 3.05) is 24.5 Å². The van der Waals surface area contributed by atoms with Gasteiger partial charge in [-0.15, -0.1) is 0 Å². The molecule has 0 spiro atoms. The number of benzene rings is 2. The number of nitrogens with one attached hydrogen (secondary N) is 1. The topological polar surface area (TPSA) is 69.7 Å². The maximum atomic E-state index is 13.5. The van der Waals surface area contributed by atoms with Crippen LogP contribution in [0.3, 0.4) is 0 Å². The van der Waals surface area contributed by atoms with Crippen LogP contribution in [0.5, 0.6) is 0 Å². The molecule has 2 aliphatic rings. The molecule has 1 unspecified atom stereocenters. The summed E-state index contributed by atoms with van der Waals surface area (Å²) in [5, 5.41) is 3.05. The first kappa shape index (κ1) is 22.9. The summed E-state index contributed by atoms with van der Waals surface area (Å²) >= 11 is 0. The fraction of sp³-hybridized carbons (Fsp3) is 0.400. The minimum absolute atomic E-state index is 0.00277. The molecule has 0 bridgehead atoms. The zero-order valence-electron chi connectivity index (χ0n) is 18.3. The predicted molar refractivity (Wildman–Crippen MR) is 119 cm³/mol. The Labute approximate surface area is 191 Å². The summed E-state index contributed by atoms with van der Waals surface area (Å²) in [4.78, 5) is 40.6. The van der Waals surface area contributed by atoms with Gasteiger partial charge in [-0.25, -0.2) is 8.78 Å². The molecule has 0 aliphatic carbocycles. The molecule has 2 heterocycles. The Morgan fingerprint density at radius 2 is 1.67 bits per heavy atom. The predicted octanol–water partition coefficient (Wildman–Crippen LogP) is 3.06. The first-order valence-electron chi connectivity index (χ1n) is 11.3. The number of nitrogens with zero attached hydrogens (tertiary/aromatic N) is 2. The number of carbonyl (C=O) groups is 3. The van der Waals surface area contributed by atoms with Crippen LogP contribution >= 0.6 is 0 Å². The Balaban J connectivity index is 1.24. The number of aryl methyl sites for hydroxylation is 1. The maximum Gasteiger partial charge on any atom is 0.228 e. The lowest BCUT2D eigenvalue weighted by atomic mass is 10.0. The molecule has 0 aromatic heterocycles. The van der Waals surface area contributed by atoms with Gasteiger partial charge in [-0.05, 0) is 37.0 Å². The lowest BCUT2D eigenvalue weighted by Gasteiger charge is -2.33. The average molecular weight is 456 g/mol. The number of likely N-dealkylation sites (tertiary alicyclic amines) is 1. The van der Waals surface area contributed by atoms with Crippen LogP contribution in [0.4, 0.5) is 14.5 Å². The highest BCUT2D eigenvalue weighted by atomic mass is 19.1. The molecule has 0 saturated carbocycles. The Kier molecular flexibility index (Phi) is 7.01. The number of carbonyl (C=O) groups excluding carboxylic acids is 3. The number of hydrogen-bond donors (Lipinski definition) is 1. The van der Waals surface area contributed by atoms with E-state index < -0.39 is 17.6 Å². The van der Waals surface area contributed by atoms with Crippen LogP contribution < -0.4 is 10.2 Å². The molecule has 2 saturated heterocycles. The second-order valence-corrected chi connectivity index (χ2v) is 8.69. The number of halogens is 2. The molecule has 8 heteroatoms. The van der Waals surface area contributed by atoms with Gasteiger partial charge in [-0.2, -0.15) is 0 Å². The van der Waals surface area contributed by atoms with Gasteiger partial charge in [0, 0.05) is 50.3 Å². The normalized spacial score (nSPS) is 19.1. The largest absolute Gasteiger partial charge is 0.353 e. The summed E-state index contributed by atoms with van der Waals surface area (Å²) in [6.45, 7) is 1.11. The molecule has 1 N–H and O–H groups in total. The quantitative estimate of drug-likeness (QED) is 0.728. The van der Waals surface area contributed by atoms with Gasteiger partial charge >= 0.3 is 0 Å². The monoisotopic (exact) mass is 455 g/mol. The standard InChI is InChI=1S/C25H27F2N3O3/c26-19-13-20(27)15-22(14-19)30-16-18(12-24(30)32)25(33)29-10-8-21(9-11-29)28-23(31)7-6-17-4-2-1-3-5-17/h1-5,13-15,18,21H,6-12,16H2,(H,28,31). The zero-order chi connectivity index (χ0) is 23.4. The van der Waals surface area contributed by atoms with Crippen LogP contribution in [0.1, 0.15) is 31.2 Å². The van der Waals surface area contributed by atoms with Crippen LogP contribution in [-0.4, -0.2) is 48.3 Å². The molecular formula is C25H27F2N3O3. The van der Waals surface area contributed by atoms with Crippen LogP contribution in [-0.2, 0) is 20.8 Å². The molecule has 0 radical (unpaired) electrons. The fourth-order valence-electron chi connectivity index (χ4n) is 4.52. The molecule has 6 nitrogen and oxygen atoms in total. The Bertz CT molecular complexity index is 1000. The van der Waals surface area contributed by atoms with Crippen molar-refractivity contribution in [1.82, 2.24) is 10.2 Å². The van der Waals surface area contributed by atoms with Gasteiger partial charge in [0.05, 0.1) is 5.92 Å². The van der Waals surface area contributed by atoms with E-state index in [0.29, 0.717) is 38.8 Å². The van der Waals surface area contributed by atoms with E-state index in [4.69, 9.17) is 0 Å². The van der Waals surface area contributed by atoms with Gasteiger partial charge in [0.1, 0.15) is 11.6 Å². The summed E-state index contributed by atoms with van der Waals surface area (Å²) in [5.74, 6) is -2.51. The van der Waals surface area contributed by atoms with Gasteiger partial charge in [-0.1, -0.05) is 30.3 Å². The van der Waals surface area contributed by atoms with Crippen LogP contribution in [0.25, 0.3) is 0 Å². The average Bonchev–Trinajstić information content (AvgIpc) is 3.19. The SMILES string of the molecule is O=C(CCc1ccccc1)NC1CCN(C(=O)C2CC(=O)N(c3cc(F)cc(F)c3)C2)CC1. The molecule has 2 aliphatic heterocycles. The second kappa shape index (κ2) is 10.1. The minimum Gasteiger partial charge on any atom is -0.353 e. The van der Waals surface area contributed by atoms with Crippen molar-refractivity contribution in [2.45, 2.75) is 38.1 Å². The third-order valence-corrected chi connectivity index (χ3v) is 6.29. The summed E-state index contributed by atoms with van der Waals surface area (Å²) in [7, 11) is 0. The van der Waals surface area contributed by atoms with E-state index >= 15 is 0 Å². The number of amides is 3. The number of piperidine rings is 1. The van der Waals surface area contributed by atoms with Crippen molar-refractivity contribution in [3.05, 3.63) is 65.7 Å². The van der Waals surface area contributed by atoms with Crippen molar-refractivity contribution in [1.29, 1.82) is 0 Å². The number of hydrogen-bond acceptors (Lipinski definition) is 3. The van der Waals surface area contributed by atoms with Crippen molar-refractivity contribution >= 4 is 23.4 Å². The summed E-state index contributed by atoms with van der Waals surface area (Å²) in [5.41, 5.74) is 1.25. The minimum atomic E-state index is -0.763. The third kappa shape index (κ3) is 5.74. The highest BCUT2D eigenvalue weighted by Crippen LogP contribution is 2.28. The highest BCUT2D eigenvalue weighted by molar-refractivity contribution is 6.00. The Morgan fingerprint density at radius 3 is 2.33 bits per heavy atom. The number of anilines is 1. The summed E-state index contributed by atoms with van der Waals surface area (Å²) in [6, 6.07) is 12.8. The zero-order valence-corrected chi connectivity index (χ0v) is 18.3. The van der Waals surface area contributed by atoms with Gasteiger partial charge in [-0.3, -0.25) is 14.4 Å². The van der Waals surface area contributed by atoms with Crippen LogP contribution in [0, 0.1) is 17.6 Å².